The van der Waals surface area contributed by atoms with E-state index >= 15 is 0 Å². The van der Waals surface area contributed by atoms with Crippen molar-refractivity contribution in [3.05, 3.63) is 58.1 Å². The van der Waals surface area contributed by atoms with Gasteiger partial charge in [0.1, 0.15) is 13.2 Å². The molecule has 2 aliphatic heterocycles. The number of ether oxygens (including phenoxy) is 2. The number of rotatable bonds is 6. The zero-order valence-corrected chi connectivity index (χ0v) is 18.0. The molecular formula is C21H23N3O7S. The highest BCUT2D eigenvalue weighted by Crippen LogP contribution is 2.34. The van der Waals surface area contributed by atoms with Gasteiger partial charge in [-0.15, -0.1) is 0 Å². The molecule has 1 saturated heterocycles. The number of benzene rings is 2. The lowest BCUT2D eigenvalue weighted by molar-refractivity contribution is -0.385. The summed E-state index contributed by atoms with van der Waals surface area (Å²) in [7, 11) is -3.72. The lowest BCUT2D eigenvalue weighted by Crippen LogP contribution is -2.42. The van der Waals surface area contributed by atoms with Crippen LogP contribution >= 0.6 is 0 Å². The maximum atomic E-state index is 13.0. The van der Waals surface area contributed by atoms with Gasteiger partial charge in [-0.05, 0) is 25.0 Å². The highest BCUT2D eigenvalue weighted by atomic mass is 32.2. The van der Waals surface area contributed by atoms with Crippen molar-refractivity contribution in [2.24, 2.45) is 5.92 Å². The van der Waals surface area contributed by atoms with Gasteiger partial charge in [-0.3, -0.25) is 14.9 Å². The first-order valence-electron chi connectivity index (χ1n) is 10.3. The fourth-order valence-corrected chi connectivity index (χ4v) is 5.34. The molecule has 10 nitrogen and oxygen atoms in total. The number of nitro benzene ring substituents is 1. The van der Waals surface area contributed by atoms with E-state index in [4.69, 9.17) is 9.47 Å². The molecule has 2 heterocycles. The van der Waals surface area contributed by atoms with E-state index in [1.807, 2.05) is 0 Å². The molecule has 2 aromatic rings. The topological polar surface area (TPSA) is 128 Å². The van der Waals surface area contributed by atoms with Crippen molar-refractivity contribution in [1.29, 1.82) is 0 Å². The summed E-state index contributed by atoms with van der Waals surface area (Å²) in [6.07, 6.45) is 0.735. The second-order valence-electron chi connectivity index (χ2n) is 7.59. The number of nitrogens with zero attached hydrogens (tertiary/aromatic N) is 2. The average Bonchev–Trinajstić information content (AvgIpc) is 2.82. The molecule has 4 rings (SSSR count). The Labute approximate surface area is 185 Å². The molecule has 2 aromatic carbocycles. The summed E-state index contributed by atoms with van der Waals surface area (Å²) >= 11 is 0. The van der Waals surface area contributed by atoms with Gasteiger partial charge < -0.3 is 14.8 Å². The van der Waals surface area contributed by atoms with Crippen molar-refractivity contribution >= 4 is 21.6 Å². The number of hydrogen-bond acceptors (Lipinski definition) is 7. The largest absolute Gasteiger partial charge is 0.486 e. The Hall–Kier alpha value is -3.18. The number of para-hydroxylation sites is 1. The van der Waals surface area contributed by atoms with Gasteiger partial charge in [0.15, 0.2) is 11.5 Å². The van der Waals surface area contributed by atoms with Gasteiger partial charge in [-0.25, -0.2) is 8.42 Å². The molecule has 1 fully saturated rings. The van der Waals surface area contributed by atoms with E-state index in [0.717, 1.165) is 0 Å². The zero-order chi connectivity index (χ0) is 22.7. The summed E-state index contributed by atoms with van der Waals surface area (Å²) in [4.78, 5) is 23.3. The molecule has 2 aliphatic rings. The number of sulfonamides is 1. The van der Waals surface area contributed by atoms with Crippen LogP contribution in [0.2, 0.25) is 0 Å². The lowest BCUT2D eigenvalue weighted by Gasteiger charge is -2.30. The summed E-state index contributed by atoms with van der Waals surface area (Å²) in [5, 5.41) is 13.9. The van der Waals surface area contributed by atoms with E-state index in [1.165, 1.54) is 22.5 Å². The number of nitrogens with one attached hydrogen (secondary N) is 1. The Morgan fingerprint density at radius 1 is 1.09 bits per heavy atom. The van der Waals surface area contributed by atoms with Crippen molar-refractivity contribution in [1.82, 2.24) is 9.62 Å². The van der Waals surface area contributed by atoms with Crippen molar-refractivity contribution in [3.63, 3.8) is 0 Å². The van der Waals surface area contributed by atoms with Crippen LogP contribution in [0, 0.1) is 16.0 Å². The number of hydrogen-bond donors (Lipinski definition) is 1. The van der Waals surface area contributed by atoms with Gasteiger partial charge in [0.25, 0.3) is 5.69 Å². The van der Waals surface area contributed by atoms with E-state index in [9.17, 15) is 23.3 Å². The number of fused-ring (bicyclic) bond motifs is 1. The van der Waals surface area contributed by atoms with E-state index < -0.39 is 14.9 Å². The monoisotopic (exact) mass is 461 g/mol. The Bertz CT molecular complexity index is 1130. The number of nitro groups is 1. The van der Waals surface area contributed by atoms with Crippen LogP contribution in [0.4, 0.5) is 5.69 Å². The quantitative estimate of drug-likeness (QED) is 0.515. The van der Waals surface area contributed by atoms with Crippen molar-refractivity contribution < 1.29 is 27.6 Å². The number of piperidine rings is 1. The van der Waals surface area contributed by atoms with E-state index in [2.05, 4.69) is 5.32 Å². The van der Waals surface area contributed by atoms with Gasteiger partial charge in [0.2, 0.25) is 15.9 Å². The minimum absolute atomic E-state index is 0.0473. The first-order chi connectivity index (χ1) is 15.4. The third kappa shape index (κ3) is 4.53. The molecule has 0 radical (unpaired) electrons. The Balaban J connectivity index is 1.35. The maximum absolute atomic E-state index is 13.0. The second-order valence-corrected chi connectivity index (χ2v) is 9.53. The Kier molecular flexibility index (Phi) is 6.28. The minimum Gasteiger partial charge on any atom is -0.486 e. The fourth-order valence-electron chi connectivity index (χ4n) is 3.86. The SMILES string of the molecule is O=C(NCc1ccccc1[N+](=O)[O-])C1CCN(S(=O)(=O)c2ccc3c(c2)OCCO3)CC1. The molecular weight excluding hydrogens is 438 g/mol. The molecule has 1 amide bonds. The van der Waals surface area contributed by atoms with E-state index in [-0.39, 0.29) is 42.0 Å². The minimum atomic E-state index is -3.72. The molecule has 0 saturated carbocycles. The Morgan fingerprint density at radius 2 is 1.78 bits per heavy atom. The predicted molar refractivity (Wildman–Crippen MR) is 114 cm³/mol. The number of carbonyl (C=O) groups excluding carboxylic acids is 1. The van der Waals surface area contributed by atoms with Crippen LogP contribution in [0.15, 0.2) is 47.4 Å². The first-order valence-corrected chi connectivity index (χ1v) is 11.7. The van der Waals surface area contributed by atoms with E-state index in [1.54, 1.807) is 24.3 Å². The van der Waals surface area contributed by atoms with Crippen LogP contribution < -0.4 is 14.8 Å². The van der Waals surface area contributed by atoms with Crippen LogP contribution in [0.1, 0.15) is 18.4 Å². The molecule has 0 atom stereocenters. The van der Waals surface area contributed by atoms with Gasteiger partial charge in [-0.1, -0.05) is 18.2 Å². The number of carbonyl (C=O) groups is 1. The molecule has 0 bridgehead atoms. The van der Waals surface area contributed by atoms with Crippen LogP contribution in [-0.4, -0.2) is 49.9 Å². The second kappa shape index (κ2) is 9.13. The third-order valence-electron chi connectivity index (χ3n) is 5.62. The van der Waals surface area contributed by atoms with Crippen LogP contribution in [0.25, 0.3) is 0 Å². The fraction of sp³-hybridized carbons (Fsp3) is 0.381. The smallest absolute Gasteiger partial charge is 0.274 e. The van der Waals surface area contributed by atoms with Gasteiger partial charge >= 0.3 is 0 Å². The lowest BCUT2D eigenvalue weighted by atomic mass is 9.97. The van der Waals surface area contributed by atoms with E-state index in [0.29, 0.717) is 43.1 Å². The van der Waals surface area contributed by atoms with Crippen molar-refractivity contribution in [2.75, 3.05) is 26.3 Å². The molecule has 32 heavy (non-hydrogen) atoms. The summed E-state index contributed by atoms with van der Waals surface area (Å²) in [6, 6.07) is 10.8. The molecule has 170 valence electrons. The van der Waals surface area contributed by atoms with Gasteiger partial charge in [-0.2, -0.15) is 4.31 Å². The van der Waals surface area contributed by atoms with Crippen LogP contribution in [0.3, 0.4) is 0 Å². The molecule has 0 spiro atoms. The normalized spacial score (nSPS) is 17.0. The van der Waals surface area contributed by atoms with Crippen LogP contribution in [-0.2, 0) is 21.4 Å². The molecule has 11 heteroatoms. The summed E-state index contributed by atoms with van der Waals surface area (Å²) in [6.45, 7) is 1.25. The van der Waals surface area contributed by atoms with Gasteiger partial charge in [0.05, 0.1) is 9.82 Å². The summed E-state index contributed by atoms with van der Waals surface area (Å²) < 4.78 is 38.3. The molecule has 0 aliphatic carbocycles. The van der Waals surface area contributed by atoms with Crippen LogP contribution in [0.5, 0.6) is 11.5 Å². The summed E-state index contributed by atoms with van der Waals surface area (Å²) in [5.41, 5.74) is 0.373. The molecule has 0 unspecified atom stereocenters. The first kappa shape index (κ1) is 22.0. The third-order valence-corrected chi connectivity index (χ3v) is 7.51. The molecule has 1 N–H and O–H groups in total. The highest BCUT2D eigenvalue weighted by Gasteiger charge is 2.33. The Morgan fingerprint density at radius 3 is 2.50 bits per heavy atom. The van der Waals surface area contributed by atoms with Crippen molar-refractivity contribution in [3.8, 4) is 11.5 Å². The standard InChI is InChI=1S/C21H23N3O7S/c25-21(22-14-16-3-1-2-4-18(16)24(26)27)15-7-9-23(10-8-15)32(28,29)17-5-6-19-20(13-17)31-12-11-30-19/h1-6,13,15H,7-12,14H2,(H,22,25). The van der Waals surface area contributed by atoms with Crippen molar-refractivity contribution in [2.45, 2.75) is 24.3 Å². The highest BCUT2D eigenvalue weighted by molar-refractivity contribution is 7.89. The number of amides is 1. The van der Waals surface area contributed by atoms with Gasteiger partial charge in [0, 0.05) is 43.2 Å². The summed E-state index contributed by atoms with van der Waals surface area (Å²) in [5.74, 6) is 0.329. The average molecular weight is 461 g/mol. The zero-order valence-electron chi connectivity index (χ0n) is 17.2. The molecule has 0 aromatic heterocycles. The predicted octanol–water partition coefficient (Wildman–Crippen LogP) is 2.08. The maximum Gasteiger partial charge on any atom is 0.274 e.